The van der Waals surface area contributed by atoms with Crippen molar-refractivity contribution in [3.05, 3.63) is 53.1 Å². The van der Waals surface area contributed by atoms with Gasteiger partial charge in [-0.1, -0.05) is 30.3 Å². The number of aromatic amines is 1. The summed E-state index contributed by atoms with van der Waals surface area (Å²) < 4.78 is 5.59. The first-order chi connectivity index (χ1) is 8.84. The molecule has 18 heavy (non-hydrogen) atoms. The van der Waals surface area contributed by atoms with Crippen LogP contribution in [0.1, 0.15) is 0 Å². The number of benzene rings is 2. The number of nitrogens with one attached hydrogen (secondary N) is 1. The topological polar surface area (TPSA) is 58.9 Å². The van der Waals surface area contributed by atoms with Crippen LogP contribution < -0.4 is 5.56 Å². The predicted molar refractivity (Wildman–Crippen MR) is 69.6 cm³/mol. The van der Waals surface area contributed by atoms with Crippen LogP contribution >= 0.6 is 0 Å². The standard InChI is InChI=1S/C14H8N2O2/c17-14-13-12(15-7-16-14)11-9-4-2-1-3-8(9)5-6-10(11)18-13/h1-7H,(H,15,16,17). The quantitative estimate of drug-likeness (QED) is 0.510. The van der Waals surface area contributed by atoms with Crippen LogP contribution in [0, 0.1) is 0 Å². The van der Waals surface area contributed by atoms with Crippen molar-refractivity contribution in [1.29, 1.82) is 0 Å². The number of nitrogens with zero attached hydrogens (tertiary/aromatic N) is 1. The first-order valence-corrected chi connectivity index (χ1v) is 5.62. The lowest BCUT2D eigenvalue weighted by Gasteiger charge is -1.97. The second kappa shape index (κ2) is 3.20. The Morgan fingerprint density at radius 2 is 2.00 bits per heavy atom. The largest absolute Gasteiger partial charge is 0.448 e. The van der Waals surface area contributed by atoms with Crippen LogP contribution in [0.15, 0.2) is 51.9 Å². The van der Waals surface area contributed by atoms with E-state index < -0.39 is 0 Å². The molecule has 1 N–H and O–H groups in total. The van der Waals surface area contributed by atoms with Crippen molar-refractivity contribution in [2.24, 2.45) is 0 Å². The van der Waals surface area contributed by atoms with Crippen molar-refractivity contribution in [2.75, 3.05) is 0 Å². The van der Waals surface area contributed by atoms with Crippen LogP contribution in [0.5, 0.6) is 0 Å². The third-order valence-corrected chi connectivity index (χ3v) is 3.15. The van der Waals surface area contributed by atoms with E-state index in [0.29, 0.717) is 11.1 Å². The number of hydrogen-bond acceptors (Lipinski definition) is 3. The Morgan fingerprint density at radius 1 is 1.11 bits per heavy atom. The van der Waals surface area contributed by atoms with Crippen molar-refractivity contribution in [1.82, 2.24) is 9.97 Å². The van der Waals surface area contributed by atoms with Crippen LogP contribution in [0.4, 0.5) is 0 Å². The molecule has 0 aliphatic rings. The molecule has 4 rings (SSSR count). The molecule has 0 unspecified atom stereocenters. The summed E-state index contributed by atoms with van der Waals surface area (Å²) in [7, 11) is 0. The van der Waals surface area contributed by atoms with Gasteiger partial charge in [0.15, 0.2) is 0 Å². The molecule has 2 aromatic heterocycles. The zero-order valence-corrected chi connectivity index (χ0v) is 9.31. The lowest BCUT2D eigenvalue weighted by atomic mass is 10.1. The van der Waals surface area contributed by atoms with Crippen molar-refractivity contribution in [2.45, 2.75) is 0 Å². The molecule has 0 aliphatic carbocycles. The summed E-state index contributed by atoms with van der Waals surface area (Å²) >= 11 is 0. The van der Waals surface area contributed by atoms with Crippen molar-refractivity contribution < 1.29 is 4.42 Å². The van der Waals surface area contributed by atoms with Crippen molar-refractivity contribution >= 4 is 32.8 Å². The molecule has 86 valence electrons. The maximum Gasteiger partial charge on any atom is 0.294 e. The molecule has 0 saturated carbocycles. The number of fused-ring (bicyclic) bond motifs is 5. The summed E-state index contributed by atoms with van der Waals surface area (Å²) in [6, 6.07) is 11.8. The third kappa shape index (κ3) is 1.09. The fourth-order valence-electron chi connectivity index (χ4n) is 2.35. The minimum atomic E-state index is -0.250. The van der Waals surface area contributed by atoms with Crippen LogP contribution in [-0.2, 0) is 0 Å². The van der Waals surface area contributed by atoms with Gasteiger partial charge in [0.25, 0.3) is 5.56 Å². The zero-order valence-electron chi connectivity index (χ0n) is 9.31. The van der Waals surface area contributed by atoms with E-state index in [1.807, 2.05) is 36.4 Å². The highest BCUT2D eigenvalue weighted by Gasteiger charge is 2.13. The van der Waals surface area contributed by atoms with Crippen LogP contribution in [0.25, 0.3) is 32.8 Å². The van der Waals surface area contributed by atoms with E-state index in [4.69, 9.17) is 4.42 Å². The van der Waals surface area contributed by atoms with E-state index in [1.54, 1.807) is 0 Å². The van der Waals surface area contributed by atoms with Gasteiger partial charge in [-0.05, 0) is 16.8 Å². The Bertz CT molecular complexity index is 950. The van der Waals surface area contributed by atoms with E-state index >= 15 is 0 Å². The predicted octanol–water partition coefficient (Wildman–Crippen LogP) is 2.82. The van der Waals surface area contributed by atoms with Gasteiger partial charge in [0.2, 0.25) is 5.58 Å². The Balaban J connectivity index is 2.41. The lowest BCUT2D eigenvalue weighted by molar-refractivity contribution is 0.661. The van der Waals surface area contributed by atoms with Gasteiger partial charge in [0.05, 0.1) is 11.7 Å². The summed E-state index contributed by atoms with van der Waals surface area (Å²) in [5.74, 6) is 0. The maximum absolute atomic E-state index is 11.7. The lowest BCUT2D eigenvalue weighted by Crippen LogP contribution is -2.03. The van der Waals surface area contributed by atoms with Gasteiger partial charge in [0, 0.05) is 0 Å². The van der Waals surface area contributed by atoms with Gasteiger partial charge in [-0.25, -0.2) is 4.98 Å². The summed E-state index contributed by atoms with van der Waals surface area (Å²) in [5, 5.41) is 3.05. The minimum absolute atomic E-state index is 0.250. The molecule has 0 radical (unpaired) electrons. The molecule has 4 nitrogen and oxygen atoms in total. The zero-order chi connectivity index (χ0) is 12.1. The van der Waals surface area contributed by atoms with Gasteiger partial charge < -0.3 is 9.40 Å². The van der Waals surface area contributed by atoms with Crippen molar-refractivity contribution in [3.63, 3.8) is 0 Å². The Kier molecular flexibility index (Phi) is 1.67. The number of aromatic nitrogens is 2. The maximum atomic E-state index is 11.7. The molecule has 0 atom stereocenters. The minimum Gasteiger partial charge on any atom is -0.448 e. The number of hydrogen-bond donors (Lipinski definition) is 1. The molecule has 0 saturated heterocycles. The molecule has 0 amide bonds. The highest BCUT2D eigenvalue weighted by molar-refractivity contribution is 6.17. The highest BCUT2D eigenvalue weighted by Crippen LogP contribution is 2.31. The first kappa shape index (κ1) is 9.41. The molecule has 0 bridgehead atoms. The fourth-order valence-corrected chi connectivity index (χ4v) is 2.35. The summed E-state index contributed by atoms with van der Waals surface area (Å²) in [5.41, 5.74) is 1.34. The molecule has 0 spiro atoms. The van der Waals surface area contributed by atoms with Crippen LogP contribution in [-0.4, -0.2) is 9.97 Å². The van der Waals surface area contributed by atoms with Gasteiger partial charge in [-0.3, -0.25) is 4.79 Å². The van der Waals surface area contributed by atoms with E-state index in [-0.39, 0.29) is 11.1 Å². The Morgan fingerprint density at radius 3 is 2.94 bits per heavy atom. The summed E-state index contributed by atoms with van der Waals surface area (Å²) in [6.07, 6.45) is 1.40. The average Bonchev–Trinajstić information content (AvgIpc) is 2.79. The van der Waals surface area contributed by atoms with E-state index in [9.17, 15) is 4.79 Å². The fraction of sp³-hybridized carbons (Fsp3) is 0. The normalized spacial score (nSPS) is 11.6. The molecule has 4 heteroatoms. The highest BCUT2D eigenvalue weighted by atomic mass is 16.3. The van der Waals surface area contributed by atoms with Gasteiger partial charge in [0.1, 0.15) is 11.1 Å². The SMILES string of the molecule is O=c1[nH]cnc2c1oc1ccc3ccccc3c12. The van der Waals surface area contributed by atoms with Crippen molar-refractivity contribution in [3.8, 4) is 0 Å². The second-order valence-corrected chi connectivity index (χ2v) is 4.17. The van der Waals surface area contributed by atoms with Gasteiger partial charge in [-0.2, -0.15) is 0 Å². The van der Waals surface area contributed by atoms with E-state index in [2.05, 4.69) is 9.97 Å². The molecule has 0 aliphatic heterocycles. The molecule has 4 aromatic rings. The molecule has 2 aromatic carbocycles. The van der Waals surface area contributed by atoms with Crippen LogP contribution in [0.2, 0.25) is 0 Å². The van der Waals surface area contributed by atoms with Crippen LogP contribution in [0.3, 0.4) is 0 Å². The molecule has 0 fully saturated rings. The van der Waals surface area contributed by atoms with E-state index in [1.165, 1.54) is 6.33 Å². The second-order valence-electron chi connectivity index (χ2n) is 4.17. The van der Waals surface area contributed by atoms with Gasteiger partial charge >= 0.3 is 0 Å². The first-order valence-electron chi connectivity index (χ1n) is 5.62. The number of rotatable bonds is 0. The molecular formula is C14H8N2O2. The monoisotopic (exact) mass is 236 g/mol. The third-order valence-electron chi connectivity index (χ3n) is 3.15. The van der Waals surface area contributed by atoms with E-state index in [0.717, 1.165) is 16.2 Å². The smallest absolute Gasteiger partial charge is 0.294 e. The van der Waals surface area contributed by atoms with Gasteiger partial charge in [-0.15, -0.1) is 0 Å². The number of furan rings is 1. The number of H-pyrrole nitrogens is 1. The molecule has 2 heterocycles. The Hall–Kier alpha value is -2.62. The Labute approximate surface area is 101 Å². The average molecular weight is 236 g/mol. The summed E-state index contributed by atoms with van der Waals surface area (Å²) in [6.45, 7) is 0. The molecular weight excluding hydrogens is 228 g/mol. The summed E-state index contributed by atoms with van der Waals surface area (Å²) in [4.78, 5) is 18.4.